The molecule has 0 heterocycles. The van der Waals surface area contributed by atoms with Gasteiger partial charge in [0.2, 0.25) is 0 Å². The Labute approximate surface area is 505 Å². The second-order valence-electron chi connectivity index (χ2n) is 24.1. The molecule has 3 N–H and O–H groups in total. The fourth-order valence-corrected chi connectivity index (χ4v) is 11.1. The van der Waals surface area contributed by atoms with E-state index >= 15 is 0 Å². The van der Waals surface area contributed by atoms with E-state index in [-0.39, 0.29) is 25.7 Å². The fourth-order valence-electron chi connectivity index (χ4n) is 9.53. The monoisotopic (exact) mass is 1230 g/mol. The normalized spacial score (nSPS) is 14.3. The molecule has 0 aromatic rings. The zero-order valence-corrected chi connectivity index (χ0v) is 55.3. The van der Waals surface area contributed by atoms with Gasteiger partial charge in [0.05, 0.1) is 26.4 Å². The van der Waals surface area contributed by atoms with Crippen molar-refractivity contribution >= 4 is 39.5 Å². The minimum Gasteiger partial charge on any atom is -0.462 e. The molecular weight excluding hydrogens is 1100 g/mol. The average molecular weight is 1230 g/mol. The van der Waals surface area contributed by atoms with Crippen molar-refractivity contribution in [3.05, 3.63) is 0 Å². The first-order chi connectivity index (χ1) is 39.9. The van der Waals surface area contributed by atoms with Crippen molar-refractivity contribution in [2.45, 2.75) is 336 Å². The van der Waals surface area contributed by atoms with Crippen LogP contribution in [-0.2, 0) is 65.4 Å². The first-order valence-corrected chi connectivity index (χ1v) is 36.5. The topological polar surface area (TPSA) is 237 Å². The molecule has 492 valence electrons. The van der Waals surface area contributed by atoms with Crippen molar-refractivity contribution in [1.82, 2.24) is 0 Å². The van der Waals surface area contributed by atoms with Gasteiger partial charge in [0, 0.05) is 25.7 Å². The van der Waals surface area contributed by atoms with Crippen molar-refractivity contribution in [3.8, 4) is 0 Å². The smallest absolute Gasteiger partial charge is 0.462 e. The first-order valence-electron chi connectivity index (χ1n) is 33.5. The Kier molecular flexibility index (Phi) is 55.2. The predicted molar refractivity (Wildman–Crippen MR) is 331 cm³/mol. The summed E-state index contributed by atoms with van der Waals surface area (Å²) in [6.45, 7) is 9.43. The van der Waals surface area contributed by atoms with Gasteiger partial charge in [-0.3, -0.25) is 37.3 Å². The summed E-state index contributed by atoms with van der Waals surface area (Å²) in [7, 11) is -9.88. The molecule has 0 aromatic carbocycles. The molecule has 0 saturated carbocycles. The Hall–Kier alpha value is -1.94. The average Bonchev–Trinajstić information content (AvgIpc) is 3.44. The predicted octanol–water partition coefficient (Wildman–Crippen LogP) is 17.7. The lowest BCUT2D eigenvalue weighted by atomic mass is 10.0. The van der Waals surface area contributed by atoms with E-state index in [9.17, 15) is 43.2 Å². The van der Waals surface area contributed by atoms with Crippen LogP contribution in [0.3, 0.4) is 0 Å². The van der Waals surface area contributed by atoms with E-state index in [0.717, 1.165) is 115 Å². The highest BCUT2D eigenvalue weighted by Gasteiger charge is 2.30. The summed E-state index contributed by atoms with van der Waals surface area (Å²) in [5, 5.41) is 10.5. The molecule has 0 aliphatic heterocycles. The Morgan fingerprint density at radius 1 is 0.325 bits per heavy atom. The molecule has 0 aromatic heterocycles. The van der Waals surface area contributed by atoms with Gasteiger partial charge in [0.15, 0.2) is 12.2 Å². The molecule has 5 atom stereocenters. The van der Waals surface area contributed by atoms with E-state index in [2.05, 4.69) is 41.5 Å². The largest absolute Gasteiger partial charge is 0.472 e. The van der Waals surface area contributed by atoms with Crippen molar-refractivity contribution in [2.24, 2.45) is 11.8 Å². The van der Waals surface area contributed by atoms with Crippen molar-refractivity contribution in [1.29, 1.82) is 0 Å². The van der Waals surface area contributed by atoms with Gasteiger partial charge in [-0.15, -0.1) is 0 Å². The van der Waals surface area contributed by atoms with Crippen LogP contribution in [-0.4, -0.2) is 96.7 Å². The standard InChI is InChI=1S/C64H124O17P2/c1-7-9-11-13-15-28-34-40-46-61(66)74-52-59(80-63(68)48-42-36-29-16-14-12-10-8-2)54-78-82(70,71)76-50-58(65)51-77-83(72,73)79-55-60(53-75-62(67)47-41-35-30-25-24-27-33-39-45-57(5)6)81-64(69)49-43-37-31-23-21-19-17-18-20-22-26-32-38-44-56(3)4/h56-60,65H,7-55H2,1-6H3,(H,70,71)(H,72,73)/t58-,59+,60+/m0/s1. The van der Waals surface area contributed by atoms with E-state index in [4.69, 9.17) is 37.0 Å². The number of hydrogen-bond acceptors (Lipinski definition) is 15. The number of unbranched alkanes of at least 4 members (excludes halogenated alkanes) is 33. The number of hydrogen-bond donors (Lipinski definition) is 3. The minimum absolute atomic E-state index is 0.104. The number of esters is 4. The number of phosphoric acid groups is 2. The highest BCUT2D eigenvalue weighted by Crippen LogP contribution is 2.45. The summed E-state index contributed by atoms with van der Waals surface area (Å²) >= 11 is 0. The van der Waals surface area contributed by atoms with E-state index in [1.54, 1.807) is 0 Å². The highest BCUT2D eigenvalue weighted by molar-refractivity contribution is 7.47. The lowest BCUT2D eigenvalue weighted by Crippen LogP contribution is -2.30. The summed E-state index contributed by atoms with van der Waals surface area (Å²) in [5.74, 6) is -0.626. The number of aliphatic hydroxyl groups excluding tert-OH is 1. The molecule has 0 aliphatic carbocycles. The summed E-state index contributed by atoms with van der Waals surface area (Å²) < 4.78 is 67.9. The zero-order valence-electron chi connectivity index (χ0n) is 53.5. The van der Waals surface area contributed by atoms with E-state index in [1.165, 1.54) is 122 Å². The van der Waals surface area contributed by atoms with E-state index in [1.807, 2.05) is 0 Å². The maximum atomic E-state index is 13.0. The maximum Gasteiger partial charge on any atom is 0.472 e. The Morgan fingerprint density at radius 3 is 0.819 bits per heavy atom. The lowest BCUT2D eigenvalue weighted by molar-refractivity contribution is -0.161. The first kappa shape index (κ1) is 81.1. The number of ether oxygens (including phenoxy) is 4. The minimum atomic E-state index is -4.94. The molecule has 0 amide bonds. The molecule has 0 saturated heterocycles. The number of aliphatic hydroxyl groups is 1. The van der Waals surface area contributed by atoms with Crippen LogP contribution in [0.5, 0.6) is 0 Å². The maximum absolute atomic E-state index is 13.0. The molecule has 17 nitrogen and oxygen atoms in total. The summed E-state index contributed by atoms with van der Waals surface area (Å²) in [4.78, 5) is 72.1. The van der Waals surface area contributed by atoms with Crippen LogP contribution in [0.1, 0.15) is 318 Å². The van der Waals surface area contributed by atoms with Gasteiger partial charge in [-0.2, -0.15) is 0 Å². The van der Waals surface area contributed by atoms with Crippen LogP contribution in [0.15, 0.2) is 0 Å². The molecule has 19 heteroatoms. The van der Waals surface area contributed by atoms with Gasteiger partial charge in [0.25, 0.3) is 0 Å². The zero-order chi connectivity index (χ0) is 61.5. The van der Waals surface area contributed by atoms with Crippen LogP contribution >= 0.6 is 15.6 Å². The van der Waals surface area contributed by atoms with Crippen LogP contribution in [0, 0.1) is 11.8 Å². The van der Waals surface area contributed by atoms with Crippen LogP contribution in [0.2, 0.25) is 0 Å². The highest BCUT2D eigenvalue weighted by atomic mass is 31.2. The third kappa shape index (κ3) is 58.8. The van der Waals surface area contributed by atoms with Crippen molar-refractivity contribution in [2.75, 3.05) is 39.6 Å². The van der Waals surface area contributed by atoms with Gasteiger partial charge in [-0.1, -0.05) is 266 Å². The Morgan fingerprint density at radius 2 is 0.554 bits per heavy atom. The van der Waals surface area contributed by atoms with E-state index < -0.39 is 97.5 Å². The SMILES string of the molecule is CCCCCCCCCCC(=O)OC[C@H](COP(=O)(O)OC[C@H](O)COP(=O)(O)OC[C@@H](COC(=O)CCCCCCCCCCC(C)C)OC(=O)CCCCCCCCCCCCCCCC(C)C)OC(=O)CCCCCCCCCC. The number of carbonyl (C=O) groups is 4. The third-order valence-electron chi connectivity index (χ3n) is 14.7. The van der Waals surface area contributed by atoms with Gasteiger partial charge >= 0.3 is 39.5 Å². The Bertz CT molecular complexity index is 1630. The summed E-state index contributed by atoms with van der Waals surface area (Å²) in [6.07, 6.45) is 39.1. The molecular formula is C64H124O17P2. The molecule has 0 spiro atoms. The van der Waals surface area contributed by atoms with E-state index in [0.29, 0.717) is 25.7 Å². The van der Waals surface area contributed by atoms with Gasteiger partial charge in [-0.05, 0) is 37.5 Å². The van der Waals surface area contributed by atoms with Crippen molar-refractivity contribution < 1.29 is 80.2 Å². The molecule has 0 bridgehead atoms. The van der Waals surface area contributed by atoms with Gasteiger partial charge < -0.3 is 33.8 Å². The fraction of sp³-hybridized carbons (Fsp3) is 0.938. The number of phosphoric ester groups is 2. The lowest BCUT2D eigenvalue weighted by Gasteiger charge is -2.21. The van der Waals surface area contributed by atoms with Crippen molar-refractivity contribution in [3.63, 3.8) is 0 Å². The number of carbonyl (C=O) groups excluding carboxylic acids is 4. The molecule has 2 unspecified atom stereocenters. The molecule has 0 radical (unpaired) electrons. The van der Waals surface area contributed by atoms with Crippen LogP contribution < -0.4 is 0 Å². The number of rotatable bonds is 63. The Balaban J connectivity index is 5.19. The van der Waals surface area contributed by atoms with Crippen LogP contribution in [0.4, 0.5) is 0 Å². The quantitative estimate of drug-likeness (QED) is 0.0222. The third-order valence-corrected chi connectivity index (χ3v) is 16.6. The molecule has 83 heavy (non-hydrogen) atoms. The summed E-state index contributed by atoms with van der Waals surface area (Å²) in [6, 6.07) is 0. The second kappa shape index (κ2) is 56.6. The molecule has 0 aliphatic rings. The van der Waals surface area contributed by atoms with Gasteiger partial charge in [-0.25, -0.2) is 9.13 Å². The van der Waals surface area contributed by atoms with Gasteiger partial charge in [0.1, 0.15) is 19.3 Å². The molecule has 0 rings (SSSR count). The van der Waals surface area contributed by atoms with Crippen LogP contribution in [0.25, 0.3) is 0 Å². The summed E-state index contributed by atoms with van der Waals surface area (Å²) in [5.41, 5.74) is 0. The second-order valence-corrected chi connectivity index (χ2v) is 27.0. The molecule has 0 fully saturated rings.